The van der Waals surface area contributed by atoms with Crippen molar-refractivity contribution >= 4 is 15.7 Å². The smallest absolute Gasteiger partial charge is 0.243 e. The molecule has 0 bridgehead atoms. The summed E-state index contributed by atoms with van der Waals surface area (Å²) < 4.78 is 26.3. The topological polar surface area (TPSA) is 69.6 Å². The Morgan fingerprint density at radius 3 is 2.47 bits per heavy atom. The molecule has 1 aliphatic heterocycles. The second-order valence-corrected chi connectivity index (χ2v) is 6.86. The second-order valence-electron chi connectivity index (χ2n) is 4.93. The number of aliphatic hydroxyl groups excluding tert-OH is 1. The molecule has 2 N–H and O–H groups in total. The van der Waals surface area contributed by atoms with Crippen LogP contribution in [0.1, 0.15) is 13.3 Å². The van der Waals surface area contributed by atoms with Crippen molar-refractivity contribution in [1.29, 1.82) is 0 Å². The average molecular weight is 284 g/mol. The van der Waals surface area contributed by atoms with Gasteiger partial charge in [-0.05, 0) is 43.5 Å². The summed E-state index contributed by atoms with van der Waals surface area (Å²) in [6.07, 6.45) is 0.248. The van der Waals surface area contributed by atoms with Crippen molar-refractivity contribution in [2.24, 2.45) is 5.92 Å². The van der Waals surface area contributed by atoms with E-state index in [1.807, 2.05) is 0 Å². The molecule has 1 aromatic carbocycles. The quantitative estimate of drug-likeness (QED) is 0.869. The van der Waals surface area contributed by atoms with Crippen LogP contribution in [0.4, 0.5) is 5.69 Å². The fraction of sp³-hybridized carbons (Fsp3) is 0.538. The molecule has 0 amide bonds. The Morgan fingerprint density at radius 1 is 1.37 bits per heavy atom. The first-order chi connectivity index (χ1) is 8.95. The van der Waals surface area contributed by atoms with Gasteiger partial charge in [0.25, 0.3) is 0 Å². The lowest BCUT2D eigenvalue weighted by molar-refractivity contribution is 0.133. The van der Waals surface area contributed by atoms with Gasteiger partial charge < -0.3 is 10.4 Å². The molecule has 1 heterocycles. The first kappa shape index (κ1) is 14.3. The molecule has 2 rings (SSSR count). The minimum Gasteiger partial charge on any atom is -0.393 e. The number of nitrogens with one attached hydrogen (secondary N) is 1. The molecule has 106 valence electrons. The first-order valence-corrected chi connectivity index (χ1v) is 7.85. The zero-order valence-electron chi connectivity index (χ0n) is 11.2. The Balaban J connectivity index is 2.18. The first-order valence-electron chi connectivity index (χ1n) is 6.41. The van der Waals surface area contributed by atoms with E-state index in [4.69, 9.17) is 0 Å². The van der Waals surface area contributed by atoms with Crippen molar-refractivity contribution < 1.29 is 13.5 Å². The highest BCUT2D eigenvalue weighted by molar-refractivity contribution is 7.89. The van der Waals surface area contributed by atoms with E-state index in [2.05, 4.69) is 5.32 Å². The maximum Gasteiger partial charge on any atom is 0.243 e. The Kier molecular flexibility index (Phi) is 4.13. The number of aliphatic hydroxyl groups is 1. The van der Waals surface area contributed by atoms with Crippen LogP contribution in [0.3, 0.4) is 0 Å². The molecule has 0 saturated carbocycles. The predicted molar refractivity (Wildman–Crippen MR) is 74.5 cm³/mol. The van der Waals surface area contributed by atoms with Crippen LogP contribution in [0.5, 0.6) is 0 Å². The molecule has 1 fully saturated rings. The highest BCUT2D eigenvalue weighted by Crippen LogP contribution is 2.26. The molecule has 0 radical (unpaired) electrons. The largest absolute Gasteiger partial charge is 0.393 e. The summed E-state index contributed by atoms with van der Waals surface area (Å²) in [6.45, 7) is 2.59. The van der Waals surface area contributed by atoms with Crippen LogP contribution >= 0.6 is 0 Å². The Morgan fingerprint density at radius 2 is 2.00 bits per heavy atom. The molecule has 2 atom stereocenters. The lowest BCUT2D eigenvalue weighted by Crippen LogP contribution is -2.30. The van der Waals surface area contributed by atoms with E-state index in [0.29, 0.717) is 24.4 Å². The summed E-state index contributed by atoms with van der Waals surface area (Å²) in [4.78, 5) is 0.303. The summed E-state index contributed by atoms with van der Waals surface area (Å²) >= 11 is 0. The number of hydrogen-bond acceptors (Lipinski definition) is 4. The Labute approximate surface area is 114 Å². The van der Waals surface area contributed by atoms with Gasteiger partial charge in [0.2, 0.25) is 10.0 Å². The van der Waals surface area contributed by atoms with Gasteiger partial charge in [0.05, 0.1) is 11.0 Å². The van der Waals surface area contributed by atoms with Gasteiger partial charge in [-0.15, -0.1) is 0 Å². The van der Waals surface area contributed by atoms with Gasteiger partial charge in [-0.1, -0.05) is 0 Å². The Hall–Kier alpha value is -1.11. The maximum atomic E-state index is 12.4. The lowest BCUT2D eigenvalue weighted by atomic mass is 10.0. The predicted octanol–water partition coefficient (Wildman–Crippen LogP) is 1.12. The second kappa shape index (κ2) is 5.48. The normalized spacial score (nSPS) is 22.4. The van der Waals surface area contributed by atoms with Crippen LogP contribution in [0, 0.1) is 5.92 Å². The highest BCUT2D eigenvalue weighted by Gasteiger charge is 2.34. The summed E-state index contributed by atoms with van der Waals surface area (Å²) in [5.41, 5.74) is 0.877. The molecule has 6 heteroatoms. The van der Waals surface area contributed by atoms with E-state index in [9.17, 15) is 13.5 Å². The fourth-order valence-electron chi connectivity index (χ4n) is 2.31. The standard InChI is InChI=1S/C13H20N2O3S/c1-10(16)11-7-8-15(9-11)19(17,18)13-5-3-12(14-2)4-6-13/h3-6,10-11,14,16H,7-9H2,1-2H3. The minimum atomic E-state index is -3.44. The summed E-state index contributed by atoms with van der Waals surface area (Å²) in [5.74, 6) is 0.0337. The van der Waals surface area contributed by atoms with Crippen molar-refractivity contribution in [2.75, 3.05) is 25.5 Å². The summed E-state index contributed by atoms with van der Waals surface area (Å²) in [6, 6.07) is 6.71. The van der Waals surface area contributed by atoms with E-state index < -0.39 is 16.1 Å². The molecule has 0 aliphatic carbocycles. The van der Waals surface area contributed by atoms with Crippen molar-refractivity contribution in [1.82, 2.24) is 4.31 Å². The van der Waals surface area contributed by atoms with Gasteiger partial charge in [0.1, 0.15) is 0 Å². The van der Waals surface area contributed by atoms with Crippen molar-refractivity contribution in [3.8, 4) is 0 Å². The van der Waals surface area contributed by atoms with Gasteiger partial charge in [0.15, 0.2) is 0 Å². The molecule has 1 saturated heterocycles. The van der Waals surface area contributed by atoms with Crippen LogP contribution in [0.15, 0.2) is 29.2 Å². The van der Waals surface area contributed by atoms with Crippen LogP contribution in [-0.2, 0) is 10.0 Å². The van der Waals surface area contributed by atoms with E-state index in [1.165, 1.54) is 4.31 Å². The molecule has 1 aromatic rings. The van der Waals surface area contributed by atoms with Gasteiger partial charge in [-0.2, -0.15) is 4.31 Å². The van der Waals surface area contributed by atoms with Crippen LogP contribution in [-0.4, -0.2) is 44.1 Å². The molecule has 19 heavy (non-hydrogen) atoms. The minimum absolute atomic E-state index is 0.0337. The number of sulfonamides is 1. The maximum absolute atomic E-state index is 12.4. The molecule has 2 unspecified atom stereocenters. The van der Waals surface area contributed by atoms with Crippen LogP contribution < -0.4 is 5.32 Å². The molecular weight excluding hydrogens is 264 g/mol. The van der Waals surface area contributed by atoms with E-state index in [0.717, 1.165) is 5.69 Å². The SMILES string of the molecule is CNc1ccc(S(=O)(=O)N2CCC(C(C)O)C2)cc1. The zero-order valence-corrected chi connectivity index (χ0v) is 12.0. The third-order valence-electron chi connectivity index (χ3n) is 3.65. The molecule has 0 aromatic heterocycles. The molecular formula is C13H20N2O3S. The molecule has 5 nitrogen and oxygen atoms in total. The van der Waals surface area contributed by atoms with Gasteiger partial charge in [-0.3, -0.25) is 0 Å². The van der Waals surface area contributed by atoms with Gasteiger partial charge >= 0.3 is 0 Å². The van der Waals surface area contributed by atoms with Crippen LogP contribution in [0.2, 0.25) is 0 Å². The number of anilines is 1. The number of benzene rings is 1. The van der Waals surface area contributed by atoms with Crippen LogP contribution in [0.25, 0.3) is 0 Å². The van der Waals surface area contributed by atoms with Gasteiger partial charge in [0, 0.05) is 25.8 Å². The molecule has 0 spiro atoms. The monoisotopic (exact) mass is 284 g/mol. The fourth-order valence-corrected chi connectivity index (χ4v) is 3.82. The van der Waals surface area contributed by atoms with Crippen molar-refractivity contribution in [3.63, 3.8) is 0 Å². The average Bonchev–Trinajstić information content (AvgIpc) is 2.89. The van der Waals surface area contributed by atoms with E-state index in [1.54, 1.807) is 38.2 Å². The summed E-state index contributed by atoms with van der Waals surface area (Å²) in [7, 11) is -1.65. The van der Waals surface area contributed by atoms with Gasteiger partial charge in [-0.25, -0.2) is 8.42 Å². The third kappa shape index (κ3) is 2.91. The highest BCUT2D eigenvalue weighted by atomic mass is 32.2. The molecule has 1 aliphatic rings. The van der Waals surface area contributed by atoms with Crippen molar-refractivity contribution in [2.45, 2.75) is 24.3 Å². The third-order valence-corrected chi connectivity index (χ3v) is 5.53. The number of nitrogens with zero attached hydrogens (tertiary/aromatic N) is 1. The Bertz CT molecular complexity index is 525. The van der Waals surface area contributed by atoms with E-state index >= 15 is 0 Å². The zero-order chi connectivity index (χ0) is 14.0. The lowest BCUT2D eigenvalue weighted by Gasteiger charge is -2.18. The van der Waals surface area contributed by atoms with E-state index in [-0.39, 0.29) is 5.92 Å². The number of rotatable bonds is 4. The summed E-state index contributed by atoms with van der Waals surface area (Å²) in [5, 5.41) is 12.5. The number of hydrogen-bond donors (Lipinski definition) is 2. The van der Waals surface area contributed by atoms with Crippen molar-refractivity contribution in [3.05, 3.63) is 24.3 Å².